The van der Waals surface area contributed by atoms with Crippen molar-refractivity contribution in [2.45, 2.75) is 26.3 Å². The van der Waals surface area contributed by atoms with Gasteiger partial charge in [-0.25, -0.2) is 0 Å². The van der Waals surface area contributed by atoms with Gasteiger partial charge < -0.3 is 10.2 Å². The minimum atomic E-state index is 0.146. The van der Waals surface area contributed by atoms with Crippen molar-refractivity contribution in [3.05, 3.63) is 20.8 Å². The summed E-state index contributed by atoms with van der Waals surface area (Å²) in [7, 11) is 1.84. The Morgan fingerprint density at radius 2 is 2.24 bits per heavy atom. The number of carbonyl (C=O) groups is 1. The van der Waals surface area contributed by atoms with Crippen LogP contribution in [0.2, 0.25) is 0 Å². The molecule has 1 heterocycles. The molecule has 0 aliphatic heterocycles. The van der Waals surface area contributed by atoms with Gasteiger partial charge in [-0.05, 0) is 48.3 Å². The van der Waals surface area contributed by atoms with Crippen molar-refractivity contribution in [1.82, 2.24) is 10.2 Å². The smallest absolute Gasteiger partial charge is 0.236 e. The fraction of sp³-hybridized carbons (Fsp3) is 0.583. The number of likely N-dealkylation sites (N-methyl/N-ethyl adjacent to an activating group) is 1. The van der Waals surface area contributed by atoms with E-state index < -0.39 is 0 Å². The van der Waals surface area contributed by atoms with E-state index in [1.807, 2.05) is 20.9 Å². The lowest BCUT2D eigenvalue weighted by molar-refractivity contribution is -0.130. The summed E-state index contributed by atoms with van der Waals surface area (Å²) >= 11 is 5.18. The van der Waals surface area contributed by atoms with Crippen LogP contribution in [0, 0.1) is 0 Å². The third-order valence-electron chi connectivity index (χ3n) is 2.62. The Morgan fingerprint density at radius 3 is 2.76 bits per heavy atom. The maximum Gasteiger partial charge on any atom is 0.236 e. The molecule has 0 aliphatic carbocycles. The number of rotatable bonds is 6. The largest absolute Gasteiger partial charge is 0.342 e. The van der Waals surface area contributed by atoms with Gasteiger partial charge in [0.2, 0.25) is 5.91 Å². The van der Waals surface area contributed by atoms with Crippen LogP contribution in [0.25, 0.3) is 0 Å². The van der Waals surface area contributed by atoms with Gasteiger partial charge in [0.05, 0.1) is 10.3 Å². The molecule has 1 aromatic heterocycles. The van der Waals surface area contributed by atoms with Crippen molar-refractivity contribution in [1.29, 1.82) is 0 Å². The highest BCUT2D eigenvalue weighted by molar-refractivity contribution is 9.11. The highest BCUT2D eigenvalue weighted by atomic mass is 79.9. The number of halogens is 1. The summed E-state index contributed by atoms with van der Waals surface area (Å²) in [6, 6.07) is 4.42. The van der Waals surface area contributed by atoms with E-state index in [1.54, 1.807) is 16.2 Å². The van der Waals surface area contributed by atoms with Crippen molar-refractivity contribution in [3.63, 3.8) is 0 Å². The quantitative estimate of drug-likeness (QED) is 0.817. The first-order chi connectivity index (χ1) is 8.00. The zero-order valence-electron chi connectivity index (χ0n) is 10.5. The van der Waals surface area contributed by atoms with E-state index in [1.165, 1.54) is 4.88 Å². The maximum atomic E-state index is 11.7. The second-order valence-electron chi connectivity index (χ2n) is 4.23. The first kappa shape index (κ1) is 14.7. The average Bonchev–Trinajstić information content (AvgIpc) is 2.69. The summed E-state index contributed by atoms with van der Waals surface area (Å²) in [5, 5.41) is 3.18. The summed E-state index contributed by atoms with van der Waals surface area (Å²) in [5.74, 6) is 0.146. The van der Waals surface area contributed by atoms with E-state index >= 15 is 0 Å². The summed E-state index contributed by atoms with van der Waals surface area (Å²) in [5.41, 5.74) is 0. The standard InChI is InChI=1S/C12H19BrN2OS/c1-9(2)15(3)12(16)8-14-7-6-10-4-5-11(13)17-10/h4-5,9,14H,6-8H2,1-3H3. The van der Waals surface area contributed by atoms with Crippen LogP contribution in [0.3, 0.4) is 0 Å². The van der Waals surface area contributed by atoms with E-state index in [4.69, 9.17) is 0 Å². The molecule has 0 saturated carbocycles. The lowest BCUT2D eigenvalue weighted by Gasteiger charge is -2.21. The molecule has 0 aromatic carbocycles. The number of carbonyl (C=O) groups excluding carboxylic acids is 1. The van der Waals surface area contributed by atoms with E-state index in [2.05, 4.69) is 33.4 Å². The molecule has 0 radical (unpaired) electrons. The van der Waals surface area contributed by atoms with Crippen LogP contribution in [0.4, 0.5) is 0 Å². The Labute approximate surface area is 115 Å². The topological polar surface area (TPSA) is 32.3 Å². The predicted octanol–water partition coefficient (Wildman–Crippen LogP) is 2.51. The van der Waals surface area contributed by atoms with Gasteiger partial charge in [0.25, 0.3) is 0 Å². The van der Waals surface area contributed by atoms with Crippen molar-refractivity contribution in [2.75, 3.05) is 20.1 Å². The Morgan fingerprint density at radius 1 is 1.53 bits per heavy atom. The summed E-state index contributed by atoms with van der Waals surface area (Å²) < 4.78 is 1.16. The van der Waals surface area contributed by atoms with Gasteiger partial charge in [0, 0.05) is 24.5 Å². The molecule has 1 N–H and O–H groups in total. The molecule has 1 rings (SSSR count). The minimum absolute atomic E-state index is 0.146. The van der Waals surface area contributed by atoms with Crippen LogP contribution in [0.15, 0.2) is 15.9 Å². The first-order valence-corrected chi connectivity index (χ1v) is 7.32. The molecule has 17 heavy (non-hydrogen) atoms. The molecule has 1 amide bonds. The lowest BCUT2D eigenvalue weighted by atomic mass is 10.3. The van der Waals surface area contributed by atoms with Crippen LogP contribution < -0.4 is 5.32 Å². The van der Waals surface area contributed by atoms with E-state index in [9.17, 15) is 4.79 Å². The molecule has 0 atom stereocenters. The minimum Gasteiger partial charge on any atom is -0.342 e. The number of hydrogen-bond donors (Lipinski definition) is 1. The van der Waals surface area contributed by atoms with Crippen LogP contribution in [-0.4, -0.2) is 37.0 Å². The molecule has 96 valence electrons. The van der Waals surface area contributed by atoms with Gasteiger partial charge in [-0.1, -0.05) is 0 Å². The Hall–Kier alpha value is -0.390. The highest BCUT2D eigenvalue weighted by Gasteiger charge is 2.10. The SMILES string of the molecule is CC(C)N(C)C(=O)CNCCc1ccc(Br)s1. The maximum absolute atomic E-state index is 11.7. The zero-order valence-corrected chi connectivity index (χ0v) is 12.9. The van der Waals surface area contributed by atoms with E-state index in [0.717, 1.165) is 16.8 Å². The van der Waals surface area contributed by atoms with Crippen molar-refractivity contribution >= 4 is 33.2 Å². The van der Waals surface area contributed by atoms with E-state index in [0.29, 0.717) is 6.54 Å². The molecular weight excluding hydrogens is 300 g/mol. The molecule has 0 spiro atoms. The summed E-state index contributed by atoms with van der Waals surface area (Å²) in [4.78, 5) is 14.7. The van der Waals surface area contributed by atoms with Crippen molar-refractivity contribution in [3.8, 4) is 0 Å². The summed E-state index contributed by atoms with van der Waals surface area (Å²) in [6.45, 7) is 5.29. The third kappa shape index (κ3) is 5.19. The second kappa shape index (κ2) is 7.13. The number of amides is 1. The normalized spacial score (nSPS) is 10.9. The fourth-order valence-corrected chi connectivity index (χ4v) is 2.79. The highest BCUT2D eigenvalue weighted by Crippen LogP contribution is 2.21. The molecule has 0 fully saturated rings. The van der Waals surface area contributed by atoms with Crippen molar-refractivity contribution < 1.29 is 4.79 Å². The second-order valence-corrected chi connectivity index (χ2v) is 6.78. The fourth-order valence-electron chi connectivity index (χ4n) is 1.31. The molecule has 0 aliphatic rings. The number of hydrogen-bond acceptors (Lipinski definition) is 3. The first-order valence-electron chi connectivity index (χ1n) is 5.71. The van der Waals surface area contributed by atoms with E-state index in [-0.39, 0.29) is 11.9 Å². The lowest BCUT2D eigenvalue weighted by Crippen LogP contribution is -2.39. The van der Waals surface area contributed by atoms with Gasteiger partial charge in [0.1, 0.15) is 0 Å². The van der Waals surface area contributed by atoms with Crippen molar-refractivity contribution in [2.24, 2.45) is 0 Å². The monoisotopic (exact) mass is 318 g/mol. The Kier molecular flexibility index (Phi) is 6.16. The molecule has 0 saturated heterocycles. The van der Waals surface area contributed by atoms with Gasteiger partial charge >= 0.3 is 0 Å². The van der Waals surface area contributed by atoms with Crippen LogP contribution in [0.1, 0.15) is 18.7 Å². The Bertz CT molecular complexity index is 365. The van der Waals surface area contributed by atoms with Crippen LogP contribution >= 0.6 is 27.3 Å². The number of nitrogens with zero attached hydrogens (tertiary/aromatic N) is 1. The Balaban J connectivity index is 2.18. The zero-order chi connectivity index (χ0) is 12.8. The third-order valence-corrected chi connectivity index (χ3v) is 4.30. The number of nitrogens with one attached hydrogen (secondary N) is 1. The van der Waals surface area contributed by atoms with Gasteiger partial charge in [0.15, 0.2) is 0 Å². The molecule has 1 aromatic rings. The van der Waals surface area contributed by atoms with Gasteiger partial charge in [-0.2, -0.15) is 0 Å². The summed E-state index contributed by atoms with van der Waals surface area (Å²) in [6.07, 6.45) is 0.967. The molecule has 0 bridgehead atoms. The predicted molar refractivity (Wildman–Crippen MR) is 76.5 cm³/mol. The average molecular weight is 319 g/mol. The van der Waals surface area contributed by atoms with Crippen LogP contribution in [-0.2, 0) is 11.2 Å². The molecule has 5 heteroatoms. The molecule has 3 nitrogen and oxygen atoms in total. The van der Waals surface area contributed by atoms with Crippen LogP contribution in [0.5, 0.6) is 0 Å². The molecular formula is C12H19BrN2OS. The molecule has 0 unspecified atom stereocenters. The number of thiophene rings is 1. The van der Waals surface area contributed by atoms with Gasteiger partial charge in [-0.3, -0.25) is 4.79 Å². The van der Waals surface area contributed by atoms with Gasteiger partial charge in [-0.15, -0.1) is 11.3 Å².